The van der Waals surface area contributed by atoms with Gasteiger partial charge in [0.1, 0.15) is 22.0 Å². The van der Waals surface area contributed by atoms with Crippen LogP contribution in [0.4, 0.5) is 13.9 Å². The molecular weight excluding hydrogens is 570 g/mol. The lowest BCUT2D eigenvalue weighted by molar-refractivity contribution is -0.690. The number of oxime groups is 1. The molecule has 1 fully saturated rings. The minimum atomic E-state index is -3.51. The third kappa shape index (κ3) is 5.60. The van der Waals surface area contributed by atoms with Gasteiger partial charge in [0, 0.05) is 29.0 Å². The fourth-order valence-electron chi connectivity index (χ4n) is 3.73. The second-order valence-electron chi connectivity index (χ2n) is 7.96. The van der Waals surface area contributed by atoms with E-state index in [0.29, 0.717) is 0 Å². The van der Waals surface area contributed by atoms with Crippen molar-refractivity contribution < 1.29 is 46.1 Å². The normalized spacial score (nSPS) is 19.7. The van der Waals surface area contributed by atoms with Gasteiger partial charge in [-0.1, -0.05) is 5.16 Å². The average Bonchev–Trinajstić information content (AvgIpc) is 3.27. The predicted octanol–water partition coefficient (Wildman–Crippen LogP) is -1.54. The second-order valence-corrected chi connectivity index (χ2v) is 12.0. The van der Waals surface area contributed by atoms with Gasteiger partial charge in [0.15, 0.2) is 39.6 Å². The Bertz CT molecular complexity index is 1480. The number of nitrogens with zero attached hydrogens (tertiary/aromatic N) is 4. The number of thioether (sulfide) groups is 1. The van der Waals surface area contributed by atoms with Crippen molar-refractivity contribution in [3.63, 3.8) is 0 Å². The van der Waals surface area contributed by atoms with Crippen LogP contribution in [0.5, 0.6) is 0 Å². The van der Waals surface area contributed by atoms with E-state index in [-0.39, 0.29) is 33.6 Å². The number of thiazole rings is 1. The van der Waals surface area contributed by atoms with E-state index in [1.807, 2.05) is 0 Å². The summed E-state index contributed by atoms with van der Waals surface area (Å²) in [4.78, 5) is 46.4. The van der Waals surface area contributed by atoms with Crippen LogP contribution in [-0.2, 0) is 35.6 Å². The van der Waals surface area contributed by atoms with Crippen LogP contribution in [0.25, 0.3) is 0 Å². The van der Waals surface area contributed by atoms with Gasteiger partial charge in [0.05, 0.1) is 11.7 Å². The molecule has 2 aromatic heterocycles. The van der Waals surface area contributed by atoms with E-state index in [4.69, 9.17) is 5.73 Å². The fourth-order valence-corrected chi connectivity index (χ4v) is 6.27. The lowest BCUT2D eigenvalue weighted by atomic mass is 10.0. The quantitative estimate of drug-likeness (QED) is 0.150. The summed E-state index contributed by atoms with van der Waals surface area (Å²) in [7, 11) is -3.51. The number of halogens is 2. The highest BCUT2D eigenvalue weighted by Gasteiger charge is 2.53. The van der Waals surface area contributed by atoms with Crippen molar-refractivity contribution in [1.29, 1.82) is 0 Å². The van der Waals surface area contributed by atoms with E-state index >= 15 is 0 Å². The number of nitrogen functional groups attached to an aromatic ring is 1. The maximum absolute atomic E-state index is 12.9. The number of pyridine rings is 1. The zero-order valence-corrected chi connectivity index (χ0v) is 21.7. The Morgan fingerprint density at radius 1 is 1.45 bits per heavy atom. The number of aromatic nitrogens is 2. The number of nitrogens with one attached hydrogen (secondary N) is 1. The molecule has 2 aliphatic heterocycles. The molecule has 0 saturated carbocycles. The van der Waals surface area contributed by atoms with Gasteiger partial charge in [-0.3, -0.25) is 14.5 Å². The van der Waals surface area contributed by atoms with Gasteiger partial charge in [-0.15, -0.1) is 23.1 Å². The lowest BCUT2D eigenvalue weighted by Crippen LogP contribution is -2.71. The van der Waals surface area contributed by atoms with Crippen molar-refractivity contribution in [2.75, 3.05) is 17.7 Å². The Balaban J connectivity index is 1.55. The molecule has 0 aliphatic carbocycles. The van der Waals surface area contributed by atoms with Gasteiger partial charge in [-0.05, 0) is 6.07 Å². The van der Waals surface area contributed by atoms with Gasteiger partial charge >= 0.3 is 6.61 Å². The molecule has 0 bridgehead atoms. The number of anilines is 1. The van der Waals surface area contributed by atoms with Crippen LogP contribution in [0.2, 0.25) is 0 Å². The van der Waals surface area contributed by atoms with Crippen molar-refractivity contribution >= 4 is 61.6 Å². The number of amides is 2. The van der Waals surface area contributed by atoms with E-state index in [2.05, 4.69) is 20.3 Å². The Kier molecular flexibility index (Phi) is 7.65. The number of carboxylic acids is 1. The molecular formula is C20H18F2N6O7S3. The van der Waals surface area contributed by atoms with Crippen LogP contribution >= 0.6 is 23.1 Å². The third-order valence-electron chi connectivity index (χ3n) is 5.36. The van der Waals surface area contributed by atoms with Gasteiger partial charge in [-0.2, -0.15) is 13.3 Å². The first-order valence-electron chi connectivity index (χ1n) is 10.5. The van der Waals surface area contributed by atoms with Crippen LogP contribution in [0.15, 0.2) is 51.2 Å². The Morgan fingerprint density at radius 2 is 2.18 bits per heavy atom. The van der Waals surface area contributed by atoms with Gasteiger partial charge in [0.25, 0.3) is 11.8 Å². The number of carboxylic acid groups (broad SMARTS) is 1. The highest BCUT2D eigenvalue weighted by atomic mass is 32.2. The summed E-state index contributed by atoms with van der Waals surface area (Å²) >= 11 is 2.06. The van der Waals surface area contributed by atoms with Crippen molar-refractivity contribution in [1.82, 2.24) is 15.2 Å². The largest absolute Gasteiger partial charge is 0.543 e. The molecule has 18 heteroatoms. The number of nitrogens with two attached hydrogens (primary N) is 1. The molecule has 0 radical (unpaired) electrons. The molecule has 2 amide bonds. The zero-order valence-electron chi connectivity index (χ0n) is 19.2. The molecule has 0 spiro atoms. The fraction of sp³-hybridized carbons (Fsp3) is 0.300. The van der Waals surface area contributed by atoms with E-state index in [0.717, 1.165) is 34.3 Å². The highest BCUT2D eigenvalue weighted by Crippen LogP contribution is 2.40. The highest BCUT2D eigenvalue weighted by molar-refractivity contribution is 8.00. The molecule has 2 atom stereocenters. The summed E-state index contributed by atoms with van der Waals surface area (Å²) in [5, 5.41) is 18.0. The second kappa shape index (κ2) is 10.6. The zero-order chi connectivity index (χ0) is 27.8. The first-order chi connectivity index (χ1) is 17.9. The molecule has 13 nitrogen and oxygen atoms in total. The minimum Gasteiger partial charge on any atom is -0.543 e. The van der Waals surface area contributed by atoms with Crippen molar-refractivity contribution in [3.8, 4) is 0 Å². The molecule has 2 aliphatic rings. The van der Waals surface area contributed by atoms with Crippen LogP contribution in [0.3, 0.4) is 0 Å². The molecule has 1 saturated heterocycles. The topological polar surface area (TPSA) is 188 Å². The summed E-state index contributed by atoms with van der Waals surface area (Å²) < 4.78 is 50.2. The van der Waals surface area contributed by atoms with E-state index in [9.17, 15) is 36.7 Å². The van der Waals surface area contributed by atoms with E-state index in [1.54, 1.807) is 6.20 Å². The molecule has 4 rings (SSSR count). The first kappa shape index (κ1) is 27.4. The number of rotatable bonds is 9. The third-order valence-corrected chi connectivity index (χ3v) is 8.47. The smallest absolute Gasteiger partial charge is 0.407 e. The molecule has 202 valence electrons. The summed E-state index contributed by atoms with van der Waals surface area (Å²) in [6.45, 7) is -3.37. The maximum Gasteiger partial charge on any atom is 0.407 e. The number of carbonyl (C=O) groups is 3. The standard InChI is InChI=1S/C20H18F2N6O7S3/c1-38(33,34)10-3-2-4-27(6-10)5-9-7-36-17-13(16(30)28(17)14(9)18(31)32)25-15(29)12(26-35-19(21)22)11-8-37-20(23)24-11/h2-4,6,8,13,17,19H,5,7H2,1H3,(H3-,23,24,25,29,31,32)/t13?,17-/m0/s1. The van der Waals surface area contributed by atoms with Crippen molar-refractivity contribution in [2.24, 2.45) is 5.16 Å². The number of alkyl halides is 2. The summed E-state index contributed by atoms with van der Waals surface area (Å²) in [6, 6.07) is 1.67. The van der Waals surface area contributed by atoms with Gasteiger partial charge in [-0.25, -0.2) is 13.4 Å². The monoisotopic (exact) mass is 588 g/mol. The van der Waals surface area contributed by atoms with Crippen LogP contribution in [-0.4, -0.2) is 71.8 Å². The average molecular weight is 589 g/mol. The number of carbonyl (C=O) groups excluding carboxylic acids is 3. The Hall–Kier alpha value is -3.64. The maximum atomic E-state index is 12.9. The van der Waals surface area contributed by atoms with E-state index < -0.39 is 57.1 Å². The molecule has 2 aromatic rings. The SMILES string of the molecule is CS(=O)(=O)c1ccc[n+](CC2=C(C(=O)[O-])N3C(=O)C(NC(=O)C(=NOC(F)F)c4csc(N)n4)[C@@H]3SC2)c1. The molecule has 1 unspecified atom stereocenters. The summed E-state index contributed by atoms with van der Waals surface area (Å²) in [5.41, 5.74) is 4.61. The molecule has 0 aromatic carbocycles. The minimum absolute atomic E-state index is 0.0231. The van der Waals surface area contributed by atoms with Crippen LogP contribution < -0.4 is 20.7 Å². The number of sulfone groups is 1. The Morgan fingerprint density at radius 3 is 2.79 bits per heavy atom. The first-order valence-corrected chi connectivity index (χ1v) is 14.3. The number of aliphatic carboxylic acids is 1. The van der Waals surface area contributed by atoms with Crippen molar-refractivity contribution in [2.45, 2.75) is 29.5 Å². The van der Waals surface area contributed by atoms with Gasteiger partial charge in [0.2, 0.25) is 0 Å². The number of β-lactam (4-membered cyclic amide) rings is 1. The molecule has 3 N–H and O–H groups in total. The van der Waals surface area contributed by atoms with Crippen LogP contribution in [0.1, 0.15) is 5.69 Å². The lowest BCUT2D eigenvalue weighted by Gasteiger charge is -2.50. The number of hydrogen-bond donors (Lipinski definition) is 2. The Labute approximate surface area is 221 Å². The van der Waals surface area contributed by atoms with Crippen LogP contribution in [0, 0.1) is 0 Å². The number of hydrogen-bond acceptors (Lipinski definition) is 12. The summed E-state index contributed by atoms with van der Waals surface area (Å²) in [6.07, 6.45) is 3.91. The molecule has 4 heterocycles. The van der Waals surface area contributed by atoms with Crippen molar-refractivity contribution in [3.05, 3.63) is 46.9 Å². The summed E-state index contributed by atoms with van der Waals surface area (Å²) in [5.74, 6) is -3.37. The predicted molar refractivity (Wildman–Crippen MR) is 127 cm³/mol. The van der Waals surface area contributed by atoms with E-state index in [1.165, 1.54) is 28.3 Å². The number of fused-ring (bicyclic) bond motifs is 1. The molecule has 38 heavy (non-hydrogen) atoms. The van der Waals surface area contributed by atoms with Gasteiger partial charge < -0.3 is 25.8 Å².